The maximum atomic E-state index is 12.2. The molecule has 0 radical (unpaired) electrons. The zero-order chi connectivity index (χ0) is 21.4. The number of carbonyl (C=O) groups is 1. The molecule has 1 aromatic carbocycles. The number of aliphatic hydroxyl groups is 2. The summed E-state index contributed by atoms with van der Waals surface area (Å²) in [7, 11) is 0. The van der Waals surface area contributed by atoms with E-state index >= 15 is 0 Å². The van der Waals surface area contributed by atoms with Gasteiger partial charge in [0.1, 0.15) is 17.6 Å². The summed E-state index contributed by atoms with van der Waals surface area (Å²) in [6, 6.07) is 5.41. The van der Waals surface area contributed by atoms with Crippen molar-refractivity contribution in [2.24, 2.45) is 5.92 Å². The summed E-state index contributed by atoms with van der Waals surface area (Å²) in [5.41, 5.74) is 1.57. The van der Waals surface area contributed by atoms with Gasteiger partial charge in [0, 0.05) is 5.56 Å². The molecule has 1 fully saturated rings. The molecule has 2 rings (SSSR count). The van der Waals surface area contributed by atoms with E-state index in [4.69, 9.17) is 14.6 Å². The van der Waals surface area contributed by atoms with Gasteiger partial charge < -0.3 is 19.7 Å². The molecule has 5 nitrogen and oxygen atoms in total. The molecule has 0 unspecified atom stereocenters. The number of esters is 1. The van der Waals surface area contributed by atoms with Gasteiger partial charge in [-0.25, -0.2) is 4.79 Å². The lowest BCUT2D eigenvalue weighted by Gasteiger charge is -2.30. The lowest BCUT2D eigenvalue weighted by atomic mass is 9.77. The largest absolute Gasteiger partial charge is 0.486 e. The van der Waals surface area contributed by atoms with Crippen molar-refractivity contribution < 1.29 is 24.5 Å². The summed E-state index contributed by atoms with van der Waals surface area (Å²) < 4.78 is 11.5. The molecule has 0 amide bonds. The fourth-order valence-electron chi connectivity index (χ4n) is 3.83. The monoisotopic (exact) mass is 402 g/mol. The van der Waals surface area contributed by atoms with Gasteiger partial charge in [0.2, 0.25) is 0 Å². The van der Waals surface area contributed by atoms with Crippen LogP contribution in [0.2, 0.25) is 0 Å². The van der Waals surface area contributed by atoms with Gasteiger partial charge in [-0.3, -0.25) is 0 Å². The van der Waals surface area contributed by atoms with Crippen LogP contribution in [0.4, 0.5) is 0 Å². The minimum absolute atomic E-state index is 0.0239. The number of rotatable bonds is 10. The van der Waals surface area contributed by atoms with Gasteiger partial charge in [-0.2, -0.15) is 0 Å². The zero-order valence-electron chi connectivity index (χ0n) is 17.7. The number of hydrogen-bond donors (Lipinski definition) is 2. The van der Waals surface area contributed by atoms with Crippen LogP contribution in [-0.4, -0.2) is 35.5 Å². The topological polar surface area (TPSA) is 76.0 Å². The molecular formula is C24H34O5. The molecule has 1 aliphatic rings. The normalized spacial score (nSPS) is 20.0. The Hall–Kier alpha value is -2.11. The molecule has 29 heavy (non-hydrogen) atoms. The molecule has 2 N–H and O–H groups in total. The Kier molecular flexibility index (Phi) is 8.93. The summed E-state index contributed by atoms with van der Waals surface area (Å²) in [5, 5.41) is 18.4. The van der Waals surface area contributed by atoms with Crippen molar-refractivity contribution >= 4 is 5.97 Å². The average Bonchev–Trinajstić information content (AvgIpc) is 2.74. The maximum Gasteiger partial charge on any atom is 0.341 e. The third-order valence-corrected chi connectivity index (χ3v) is 5.74. The molecule has 0 heterocycles. The van der Waals surface area contributed by atoms with Crippen LogP contribution in [0.15, 0.2) is 42.5 Å². The van der Waals surface area contributed by atoms with E-state index in [2.05, 4.69) is 20.1 Å². The SMILES string of the molecule is C=C(CO)C(=O)Oc1ccc(O[C@H](C)C(=C)CO)cc1C1CCC(CCC)CC1. The zero-order valence-corrected chi connectivity index (χ0v) is 17.7. The van der Waals surface area contributed by atoms with Gasteiger partial charge >= 0.3 is 5.97 Å². The summed E-state index contributed by atoms with van der Waals surface area (Å²) >= 11 is 0. The fraction of sp³-hybridized carbons (Fsp3) is 0.542. The Labute approximate surface area is 174 Å². The molecular weight excluding hydrogens is 368 g/mol. The van der Waals surface area contributed by atoms with Crippen molar-refractivity contribution in [2.45, 2.75) is 64.4 Å². The van der Waals surface area contributed by atoms with Crippen LogP contribution in [0.1, 0.15) is 63.9 Å². The molecule has 1 aromatic rings. The summed E-state index contributed by atoms with van der Waals surface area (Å²) in [6.07, 6.45) is 6.55. The highest BCUT2D eigenvalue weighted by atomic mass is 16.5. The Morgan fingerprint density at radius 3 is 2.45 bits per heavy atom. The summed E-state index contributed by atoms with van der Waals surface area (Å²) in [6.45, 7) is 10.9. The first-order valence-corrected chi connectivity index (χ1v) is 10.5. The molecule has 1 atom stereocenters. The molecule has 0 aromatic heterocycles. The highest BCUT2D eigenvalue weighted by molar-refractivity contribution is 5.89. The van der Waals surface area contributed by atoms with Gasteiger partial charge in [-0.1, -0.05) is 32.9 Å². The smallest absolute Gasteiger partial charge is 0.341 e. The fourth-order valence-corrected chi connectivity index (χ4v) is 3.83. The van der Waals surface area contributed by atoms with E-state index in [-0.39, 0.29) is 24.2 Å². The third-order valence-electron chi connectivity index (χ3n) is 5.74. The van der Waals surface area contributed by atoms with Crippen LogP contribution in [0.3, 0.4) is 0 Å². The van der Waals surface area contributed by atoms with Crippen LogP contribution in [0.5, 0.6) is 11.5 Å². The van der Waals surface area contributed by atoms with Crippen molar-refractivity contribution in [1.29, 1.82) is 0 Å². The second kappa shape index (κ2) is 11.2. The van der Waals surface area contributed by atoms with E-state index in [9.17, 15) is 9.90 Å². The second-order valence-corrected chi connectivity index (χ2v) is 7.93. The Bertz CT molecular complexity index is 716. The number of aliphatic hydroxyl groups excluding tert-OH is 2. The van der Waals surface area contributed by atoms with Gasteiger partial charge in [0.25, 0.3) is 0 Å². The van der Waals surface area contributed by atoms with Gasteiger partial charge in [0.05, 0.1) is 18.8 Å². The number of ether oxygens (including phenoxy) is 2. The maximum absolute atomic E-state index is 12.2. The summed E-state index contributed by atoms with van der Waals surface area (Å²) in [4.78, 5) is 12.2. The first kappa shape index (κ1) is 23.2. The van der Waals surface area contributed by atoms with Gasteiger partial charge in [-0.15, -0.1) is 0 Å². The first-order valence-electron chi connectivity index (χ1n) is 10.5. The lowest BCUT2D eigenvalue weighted by molar-refractivity contribution is -0.130. The Morgan fingerprint density at radius 1 is 1.17 bits per heavy atom. The van der Waals surface area contributed by atoms with E-state index in [1.54, 1.807) is 12.1 Å². The van der Waals surface area contributed by atoms with Crippen LogP contribution in [0.25, 0.3) is 0 Å². The van der Waals surface area contributed by atoms with Crippen molar-refractivity contribution in [2.75, 3.05) is 13.2 Å². The quantitative estimate of drug-likeness (QED) is 0.260. The highest BCUT2D eigenvalue weighted by Gasteiger charge is 2.26. The van der Waals surface area contributed by atoms with Crippen LogP contribution < -0.4 is 9.47 Å². The van der Waals surface area contributed by atoms with Crippen LogP contribution in [0, 0.1) is 5.92 Å². The molecule has 1 saturated carbocycles. The minimum atomic E-state index is -0.621. The number of carbonyl (C=O) groups excluding carboxylic acids is 1. The van der Waals surface area contributed by atoms with Crippen molar-refractivity contribution in [3.63, 3.8) is 0 Å². The third kappa shape index (κ3) is 6.44. The predicted octanol–water partition coefficient (Wildman–Crippen LogP) is 4.53. The lowest BCUT2D eigenvalue weighted by Crippen LogP contribution is -2.19. The van der Waals surface area contributed by atoms with E-state index in [0.29, 0.717) is 17.1 Å². The van der Waals surface area contributed by atoms with Crippen molar-refractivity contribution in [1.82, 2.24) is 0 Å². The highest BCUT2D eigenvalue weighted by Crippen LogP contribution is 2.42. The van der Waals surface area contributed by atoms with Crippen LogP contribution in [-0.2, 0) is 4.79 Å². The molecule has 160 valence electrons. The van der Waals surface area contributed by atoms with Gasteiger partial charge in [0.15, 0.2) is 0 Å². The van der Waals surface area contributed by atoms with E-state index in [1.165, 1.54) is 12.8 Å². The number of benzene rings is 1. The second-order valence-electron chi connectivity index (χ2n) is 7.93. The summed E-state index contributed by atoms with van der Waals surface area (Å²) in [5.74, 6) is 1.57. The van der Waals surface area contributed by atoms with E-state index in [0.717, 1.165) is 37.2 Å². The van der Waals surface area contributed by atoms with Crippen molar-refractivity contribution in [3.05, 3.63) is 48.1 Å². The van der Waals surface area contributed by atoms with E-state index < -0.39 is 12.6 Å². The van der Waals surface area contributed by atoms with Crippen molar-refractivity contribution in [3.8, 4) is 11.5 Å². The van der Waals surface area contributed by atoms with Crippen LogP contribution >= 0.6 is 0 Å². The Morgan fingerprint density at radius 2 is 1.86 bits per heavy atom. The van der Waals surface area contributed by atoms with E-state index in [1.807, 2.05) is 13.0 Å². The average molecular weight is 403 g/mol. The molecule has 0 spiro atoms. The minimum Gasteiger partial charge on any atom is -0.486 e. The molecule has 1 aliphatic carbocycles. The first-order chi connectivity index (χ1) is 13.9. The molecule has 5 heteroatoms. The molecule has 0 bridgehead atoms. The molecule has 0 aliphatic heterocycles. The number of hydrogen-bond acceptors (Lipinski definition) is 5. The predicted molar refractivity (Wildman–Crippen MR) is 114 cm³/mol. The van der Waals surface area contributed by atoms with Gasteiger partial charge in [-0.05, 0) is 68.2 Å². The Balaban J connectivity index is 2.24. The molecule has 0 saturated heterocycles. The standard InChI is InChI=1S/C24H34O5/c1-5-6-19-7-9-20(10-8-19)22-13-21(28-18(4)16(2)14-25)11-12-23(22)29-24(27)17(3)15-26/h11-13,18-20,25-26H,2-3,5-10,14-15H2,1,4H3/t18-,19?,20?/m1/s1.